The van der Waals surface area contributed by atoms with Gasteiger partial charge in [0.05, 0.1) is 23.9 Å². The summed E-state index contributed by atoms with van der Waals surface area (Å²) in [5, 5.41) is 2.70. The molecule has 102 valence electrons. The molecule has 1 aromatic heterocycles. The summed E-state index contributed by atoms with van der Waals surface area (Å²) in [5.74, 6) is -0.809. The molecule has 0 fully saturated rings. The van der Waals surface area contributed by atoms with Crippen LogP contribution < -0.4 is 5.32 Å². The lowest BCUT2D eigenvalue weighted by Gasteiger charge is -2.10. The Hall–Kier alpha value is -2.69. The van der Waals surface area contributed by atoms with Crippen molar-refractivity contribution < 1.29 is 14.3 Å². The van der Waals surface area contributed by atoms with E-state index in [1.165, 1.54) is 13.3 Å². The number of amides is 1. The summed E-state index contributed by atoms with van der Waals surface area (Å²) in [4.78, 5) is 27.8. The maximum atomic E-state index is 12.2. The van der Waals surface area contributed by atoms with Gasteiger partial charge in [-0.1, -0.05) is 12.1 Å². The Morgan fingerprint density at radius 1 is 1.15 bits per heavy atom. The van der Waals surface area contributed by atoms with Crippen LogP contribution in [0.4, 0.5) is 5.69 Å². The highest BCUT2D eigenvalue weighted by Crippen LogP contribution is 2.17. The number of hydrogen-bond donors (Lipinski definition) is 1. The quantitative estimate of drug-likeness (QED) is 0.870. The second kappa shape index (κ2) is 5.97. The van der Waals surface area contributed by atoms with Gasteiger partial charge in [-0.05, 0) is 30.7 Å². The van der Waals surface area contributed by atoms with Crippen molar-refractivity contribution in [1.82, 2.24) is 4.98 Å². The maximum Gasteiger partial charge on any atom is 0.339 e. The summed E-state index contributed by atoms with van der Waals surface area (Å²) >= 11 is 0. The van der Waals surface area contributed by atoms with Crippen LogP contribution in [0.1, 0.15) is 26.3 Å². The van der Waals surface area contributed by atoms with Crippen LogP contribution >= 0.6 is 0 Å². The molecule has 1 heterocycles. The fourth-order valence-corrected chi connectivity index (χ4v) is 1.77. The van der Waals surface area contributed by atoms with Gasteiger partial charge in [0.25, 0.3) is 5.91 Å². The number of para-hydroxylation sites is 1. The zero-order chi connectivity index (χ0) is 14.5. The molecule has 0 bridgehead atoms. The van der Waals surface area contributed by atoms with Crippen LogP contribution in [0, 0.1) is 6.92 Å². The van der Waals surface area contributed by atoms with Crippen LogP contribution in [0.3, 0.4) is 0 Å². The van der Waals surface area contributed by atoms with E-state index in [-0.39, 0.29) is 5.91 Å². The zero-order valence-electron chi connectivity index (χ0n) is 11.2. The van der Waals surface area contributed by atoms with E-state index in [2.05, 4.69) is 15.0 Å². The van der Waals surface area contributed by atoms with Gasteiger partial charge in [0, 0.05) is 12.4 Å². The molecule has 1 amide bonds. The number of methoxy groups -OCH3 is 1. The number of hydrogen-bond acceptors (Lipinski definition) is 4. The summed E-state index contributed by atoms with van der Waals surface area (Å²) in [6.07, 6.45) is 3.11. The zero-order valence-corrected chi connectivity index (χ0v) is 11.2. The summed E-state index contributed by atoms with van der Waals surface area (Å²) < 4.78 is 4.69. The molecule has 5 heteroatoms. The first-order valence-electron chi connectivity index (χ1n) is 6.03. The van der Waals surface area contributed by atoms with E-state index >= 15 is 0 Å². The van der Waals surface area contributed by atoms with Gasteiger partial charge in [-0.3, -0.25) is 9.78 Å². The van der Waals surface area contributed by atoms with Crippen molar-refractivity contribution in [3.63, 3.8) is 0 Å². The van der Waals surface area contributed by atoms with Crippen LogP contribution in [-0.4, -0.2) is 24.0 Å². The molecular weight excluding hydrogens is 256 g/mol. The normalized spacial score (nSPS) is 9.90. The van der Waals surface area contributed by atoms with Crippen molar-refractivity contribution >= 4 is 17.6 Å². The largest absolute Gasteiger partial charge is 0.465 e. The first-order chi connectivity index (χ1) is 9.63. The molecule has 0 spiro atoms. The van der Waals surface area contributed by atoms with Crippen LogP contribution in [0.25, 0.3) is 0 Å². The molecule has 2 rings (SSSR count). The first-order valence-corrected chi connectivity index (χ1v) is 6.03. The number of carbonyl (C=O) groups excluding carboxylic acids is 2. The van der Waals surface area contributed by atoms with Gasteiger partial charge < -0.3 is 10.1 Å². The molecule has 5 nitrogen and oxygen atoms in total. The molecular formula is C15H14N2O3. The number of pyridine rings is 1. The number of nitrogens with one attached hydrogen (secondary N) is 1. The Labute approximate surface area is 116 Å². The lowest BCUT2D eigenvalue weighted by Crippen LogP contribution is -2.16. The molecule has 1 N–H and O–H groups in total. The van der Waals surface area contributed by atoms with E-state index in [0.29, 0.717) is 16.8 Å². The van der Waals surface area contributed by atoms with Crippen molar-refractivity contribution in [3.05, 3.63) is 59.4 Å². The lowest BCUT2D eigenvalue weighted by molar-refractivity contribution is 0.0602. The van der Waals surface area contributed by atoms with E-state index in [0.717, 1.165) is 5.56 Å². The minimum absolute atomic E-state index is 0.310. The molecule has 20 heavy (non-hydrogen) atoms. The number of ether oxygens (including phenoxy) is 1. The van der Waals surface area contributed by atoms with Crippen LogP contribution in [0.2, 0.25) is 0 Å². The first kappa shape index (κ1) is 13.7. The molecule has 0 aliphatic rings. The van der Waals surface area contributed by atoms with Gasteiger partial charge in [0.1, 0.15) is 0 Å². The van der Waals surface area contributed by atoms with Gasteiger partial charge in [-0.15, -0.1) is 0 Å². The molecule has 0 aliphatic heterocycles. The molecule has 0 radical (unpaired) electrons. The topological polar surface area (TPSA) is 68.3 Å². The van der Waals surface area contributed by atoms with Gasteiger partial charge in [-0.2, -0.15) is 0 Å². The van der Waals surface area contributed by atoms with Gasteiger partial charge in [-0.25, -0.2) is 4.79 Å². The van der Waals surface area contributed by atoms with Crippen LogP contribution in [0.5, 0.6) is 0 Å². The van der Waals surface area contributed by atoms with E-state index in [4.69, 9.17) is 0 Å². The Morgan fingerprint density at radius 2 is 1.90 bits per heavy atom. The molecule has 0 aliphatic carbocycles. The maximum absolute atomic E-state index is 12.2. The number of rotatable bonds is 3. The molecule has 0 saturated carbocycles. The SMILES string of the molecule is COC(=O)c1ccccc1NC(=O)c1cnccc1C. The number of benzene rings is 1. The fourth-order valence-electron chi connectivity index (χ4n) is 1.77. The average molecular weight is 270 g/mol. The Kier molecular flexibility index (Phi) is 4.10. The summed E-state index contributed by atoms with van der Waals surface area (Å²) in [5.41, 5.74) is 2.00. The van der Waals surface area contributed by atoms with Crippen molar-refractivity contribution in [2.75, 3.05) is 12.4 Å². The molecule has 0 unspecified atom stereocenters. The average Bonchev–Trinajstić information content (AvgIpc) is 2.47. The van der Waals surface area contributed by atoms with Crippen molar-refractivity contribution in [1.29, 1.82) is 0 Å². The second-order valence-corrected chi connectivity index (χ2v) is 4.18. The molecule has 0 atom stereocenters. The third-order valence-corrected chi connectivity index (χ3v) is 2.86. The number of esters is 1. The number of aromatic nitrogens is 1. The Bertz CT molecular complexity index is 653. The van der Waals surface area contributed by atoms with E-state index in [1.807, 2.05) is 6.92 Å². The lowest BCUT2D eigenvalue weighted by atomic mass is 10.1. The third-order valence-electron chi connectivity index (χ3n) is 2.86. The van der Waals surface area contributed by atoms with Crippen molar-refractivity contribution in [2.24, 2.45) is 0 Å². The fraction of sp³-hybridized carbons (Fsp3) is 0.133. The predicted octanol–water partition coefficient (Wildman–Crippen LogP) is 2.43. The van der Waals surface area contributed by atoms with Crippen molar-refractivity contribution in [2.45, 2.75) is 6.92 Å². The highest BCUT2D eigenvalue weighted by molar-refractivity contribution is 6.08. The molecule has 0 saturated heterocycles. The van der Waals surface area contributed by atoms with E-state index in [1.54, 1.807) is 36.5 Å². The summed E-state index contributed by atoms with van der Waals surface area (Å²) in [7, 11) is 1.30. The minimum Gasteiger partial charge on any atom is -0.465 e. The molecule has 1 aromatic carbocycles. The van der Waals surface area contributed by atoms with Gasteiger partial charge >= 0.3 is 5.97 Å². The number of carbonyl (C=O) groups is 2. The monoisotopic (exact) mass is 270 g/mol. The van der Waals surface area contributed by atoms with Crippen LogP contribution in [0.15, 0.2) is 42.7 Å². The minimum atomic E-state index is -0.496. The summed E-state index contributed by atoms with van der Waals surface area (Å²) in [6.45, 7) is 1.82. The Morgan fingerprint density at radius 3 is 2.60 bits per heavy atom. The highest BCUT2D eigenvalue weighted by atomic mass is 16.5. The predicted molar refractivity (Wildman–Crippen MR) is 74.7 cm³/mol. The standard InChI is InChI=1S/C15H14N2O3/c1-10-7-8-16-9-12(10)14(18)17-13-6-4-3-5-11(13)15(19)20-2/h3-9H,1-2H3,(H,17,18). The third kappa shape index (κ3) is 2.83. The highest BCUT2D eigenvalue weighted by Gasteiger charge is 2.15. The van der Waals surface area contributed by atoms with Crippen molar-refractivity contribution in [3.8, 4) is 0 Å². The number of aryl methyl sites for hydroxylation is 1. The summed E-state index contributed by atoms with van der Waals surface area (Å²) in [6, 6.07) is 8.43. The van der Waals surface area contributed by atoms with Crippen LogP contribution in [-0.2, 0) is 4.74 Å². The van der Waals surface area contributed by atoms with E-state index < -0.39 is 5.97 Å². The van der Waals surface area contributed by atoms with Gasteiger partial charge in [0.2, 0.25) is 0 Å². The smallest absolute Gasteiger partial charge is 0.339 e. The van der Waals surface area contributed by atoms with Gasteiger partial charge in [0.15, 0.2) is 0 Å². The van der Waals surface area contributed by atoms with E-state index in [9.17, 15) is 9.59 Å². The molecule has 2 aromatic rings. The second-order valence-electron chi connectivity index (χ2n) is 4.18. The Balaban J connectivity index is 2.29. The number of anilines is 1. The number of nitrogens with zero attached hydrogens (tertiary/aromatic N) is 1.